The molecule has 0 aliphatic heterocycles. The molecular weight excluding hydrogens is 300 g/mol. The molecule has 4 rings (SSSR count). The van der Waals surface area contributed by atoms with Crippen molar-refractivity contribution >= 4 is 11.6 Å². The summed E-state index contributed by atoms with van der Waals surface area (Å²) >= 11 is 0. The van der Waals surface area contributed by atoms with Gasteiger partial charge < -0.3 is 10.1 Å². The van der Waals surface area contributed by atoms with Crippen molar-refractivity contribution < 1.29 is 4.74 Å². The van der Waals surface area contributed by atoms with E-state index < -0.39 is 0 Å². The maximum Gasteiger partial charge on any atom is 0.235 e. The van der Waals surface area contributed by atoms with E-state index in [1.807, 2.05) is 40.9 Å². The maximum atomic E-state index is 5.26. The van der Waals surface area contributed by atoms with Gasteiger partial charge in [0.2, 0.25) is 5.78 Å². The minimum atomic E-state index is 0.510. The maximum absolute atomic E-state index is 5.26. The van der Waals surface area contributed by atoms with E-state index in [9.17, 15) is 0 Å². The molecule has 1 aliphatic carbocycles. The third-order valence-electron chi connectivity index (χ3n) is 4.71. The lowest BCUT2D eigenvalue weighted by Gasteiger charge is -2.24. The number of anilines is 1. The number of nitrogens with one attached hydrogen (secondary N) is 1. The summed E-state index contributed by atoms with van der Waals surface area (Å²) in [4.78, 5) is 9.15. The summed E-state index contributed by atoms with van der Waals surface area (Å²) in [5.74, 6) is 2.61. The lowest BCUT2D eigenvalue weighted by molar-refractivity contribution is 0.415. The fourth-order valence-electron chi connectivity index (χ4n) is 3.42. The van der Waals surface area contributed by atoms with Crippen LogP contribution >= 0.6 is 0 Å². The van der Waals surface area contributed by atoms with Crippen LogP contribution in [-0.2, 0) is 0 Å². The molecule has 0 unspecified atom stereocenters. The molecule has 2 heterocycles. The minimum absolute atomic E-state index is 0.510. The van der Waals surface area contributed by atoms with Crippen LogP contribution in [0, 0.1) is 0 Å². The zero-order chi connectivity index (χ0) is 16.4. The van der Waals surface area contributed by atoms with Crippen LogP contribution in [0.15, 0.2) is 42.7 Å². The molecule has 3 aromatic rings. The summed E-state index contributed by atoms with van der Waals surface area (Å²) in [5.41, 5.74) is 2.02. The smallest absolute Gasteiger partial charge is 0.235 e. The van der Waals surface area contributed by atoms with Crippen LogP contribution in [0.3, 0.4) is 0 Å². The Hall–Kier alpha value is -2.56. The van der Waals surface area contributed by atoms with E-state index in [0.717, 1.165) is 28.6 Å². The highest BCUT2D eigenvalue weighted by Crippen LogP contribution is 2.31. The molecule has 24 heavy (non-hydrogen) atoms. The third-order valence-corrected chi connectivity index (χ3v) is 4.71. The van der Waals surface area contributed by atoms with Gasteiger partial charge >= 0.3 is 0 Å². The molecule has 1 aliphatic rings. The Kier molecular flexibility index (Phi) is 4.07. The van der Waals surface area contributed by atoms with E-state index in [-0.39, 0.29) is 0 Å². The summed E-state index contributed by atoms with van der Waals surface area (Å²) in [7, 11) is 1.68. The second kappa shape index (κ2) is 6.51. The molecule has 0 saturated heterocycles. The van der Waals surface area contributed by atoms with Gasteiger partial charge in [0, 0.05) is 24.0 Å². The molecule has 0 radical (unpaired) electrons. The van der Waals surface area contributed by atoms with Crippen molar-refractivity contribution in [3.8, 4) is 17.0 Å². The van der Waals surface area contributed by atoms with E-state index in [1.54, 1.807) is 13.3 Å². The minimum Gasteiger partial charge on any atom is -0.497 e. The molecule has 2 aromatic heterocycles. The zero-order valence-corrected chi connectivity index (χ0v) is 13.9. The summed E-state index contributed by atoms with van der Waals surface area (Å²) in [5, 5.41) is 3.73. The molecule has 0 spiro atoms. The van der Waals surface area contributed by atoms with Gasteiger partial charge in [0.05, 0.1) is 7.11 Å². The van der Waals surface area contributed by atoms with Crippen LogP contribution in [0.5, 0.6) is 5.75 Å². The van der Waals surface area contributed by atoms with Crippen molar-refractivity contribution in [2.24, 2.45) is 0 Å². The number of imidazole rings is 1. The highest BCUT2D eigenvalue weighted by atomic mass is 16.5. The van der Waals surface area contributed by atoms with Crippen molar-refractivity contribution in [3.63, 3.8) is 0 Å². The summed E-state index contributed by atoms with van der Waals surface area (Å²) in [6.07, 6.45) is 10.2. The van der Waals surface area contributed by atoms with Crippen molar-refractivity contribution in [2.45, 2.75) is 38.1 Å². The Morgan fingerprint density at radius 3 is 2.67 bits per heavy atom. The molecule has 5 nitrogen and oxygen atoms in total. The molecule has 1 fully saturated rings. The highest BCUT2D eigenvalue weighted by molar-refractivity contribution is 5.76. The first-order valence-corrected chi connectivity index (χ1v) is 8.59. The van der Waals surface area contributed by atoms with Gasteiger partial charge in [0.1, 0.15) is 17.3 Å². The molecular formula is C19H22N4O. The zero-order valence-electron chi connectivity index (χ0n) is 13.9. The first-order chi connectivity index (χ1) is 11.8. The Bertz CT molecular complexity index is 819. The van der Waals surface area contributed by atoms with Gasteiger partial charge in [-0.15, -0.1) is 0 Å². The van der Waals surface area contributed by atoms with E-state index in [4.69, 9.17) is 9.72 Å². The number of ether oxygens (including phenoxy) is 1. The monoisotopic (exact) mass is 322 g/mol. The van der Waals surface area contributed by atoms with Gasteiger partial charge in [-0.25, -0.2) is 9.97 Å². The molecule has 1 saturated carbocycles. The van der Waals surface area contributed by atoms with Gasteiger partial charge in [-0.3, -0.25) is 4.40 Å². The Morgan fingerprint density at radius 2 is 1.92 bits per heavy atom. The average Bonchev–Trinajstić information content (AvgIpc) is 3.01. The number of rotatable bonds is 4. The molecule has 0 atom stereocenters. The molecule has 0 bridgehead atoms. The first-order valence-electron chi connectivity index (χ1n) is 8.59. The first kappa shape index (κ1) is 15.0. The van der Waals surface area contributed by atoms with Crippen molar-refractivity contribution in [1.82, 2.24) is 14.4 Å². The van der Waals surface area contributed by atoms with Crippen LogP contribution in [0.2, 0.25) is 0 Å². The van der Waals surface area contributed by atoms with Crippen LogP contribution in [-0.4, -0.2) is 27.5 Å². The van der Waals surface area contributed by atoms with E-state index >= 15 is 0 Å². The largest absolute Gasteiger partial charge is 0.497 e. The number of nitrogens with zero attached hydrogens (tertiary/aromatic N) is 3. The van der Waals surface area contributed by atoms with Crippen molar-refractivity contribution in [2.75, 3.05) is 12.4 Å². The van der Waals surface area contributed by atoms with Gasteiger partial charge in [0.15, 0.2) is 0 Å². The van der Waals surface area contributed by atoms with Crippen molar-refractivity contribution in [3.05, 3.63) is 42.7 Å². The summed E-state index contributed by atoms with van der Waals surface area (Å²) < 4.78 is 7.31. The fraction of sp³-hybridized carbons (Fsp3) is 0.368. The summed E-state index contributed by atoms with van der Waals surface area (Å²) in [6.45, 7) is 0. The Balaban J connectivity index is 1.76. The molecule has 5 heteroatoms. The fourth-order valence-corrected chi connectivity index (χ4v) is 3.42. The number of fused-ring (bicyclic) bond motifs is 1. The number of aromatic nitrogens is 3. The standard InChI is InChI=1S/C19H22N4O/c1-24-16-10-8-14(9-11-16)17-18(21-15-6-3-2-4-7-15)23-13-5-12-20-19(23)22-17/h5,8-13,15,21H,2-4,6-7H2,1H3. The molecule has 124 valence electrons. The Morgan fingerprint density at radius 1 is 1.12 bits per heavy atom. The second-order valence-electron chi connectivity index (χ2n) is 6.31. The van der Waals surface area contributed by atoms with Gasteiger partial charge in [-0.1, -0.05) is 19.3 Å². The number of benzene rings is 1. The van der Waals surface area contributed by atoms with E-state index in [1.165, 1.54) is 32.1 Å². The molecule has 1 aromatic carbocycles. The number of hydrogen-bond acceptors (Lipinski definition) is 4. The summed E-state index contributed by atoms with van der Waals surface area (Å²) in [6, 6.07) is 10.5. The van der Waals surface area contributed by atoms with E-state index in [0.29, 0.717) is 6.04 Å². The third kappa shape index (κ3) is 2.82. The van der Waals surface area contributed by atoms with Gasteiger partial charge in [-0.05, 0) is 43.2 Å². The molecule has 1 N–H and O–H groups in total. The number of methoxy groups -OCH3 is 1. The Labute approximate surface area is 141 Å². The quantitative estimate of drug-likeness (QED) is 0.784. The predicted octanol–water partition coefficient (Wildman–Crippen LogP) is 4.15. The van der Waals surface area contributed by atoms with Gasteiger partial charge in [-0.2, -0.15) is 0 Å². The number of hydrogen-bond donors (Lipinski definition) is 1. The van der Waals surface area contributed by atoms with Crippen LogP contribution in [0.1, 0.15) is 32.1 Å². The highest BCUT2D eigenvalue weighted by Gasteiger charge is 2.19. The average molecular weight is 322 g/mol. The van der Waals surface area contributed by atoms with Crippen LogP contribution < -0.4 is 10.1 Å². The van der Waals surface area contributed by atoms with Crippen molar-refractivity contribution in [1.29, 1.82) is 0 Å². The van der Waals surface area contributed by atoms with E-state index in [2.05, 4.69) is 10.3 Å². The normalized spacial score (nSPS) is 15.5. The SMILES string of the molecule is COc1ccc(-c2nc3ncccn3c2NC2CCCCC2)cc1. The molecule has 0 amide bonds. The second-order valence-corrected chi connectivity index (χ2v) is 6.31. The lowest BCUT2D eigenvalue weighted by Crippen LogP contribution is -2.23. The van der Waals surface area contributed by atoms with Gasteiger partial charge in [0.25, 0.3) is 0 Å². The predicted molar refractivity (Wildman–Crippen MR) is 95.5 cm³/mol. The van der Waals surface area contributed by atoms with Crippen LogP contribution in [0.25, 0.3) is 17.0 Å². The lowest BCUT2D eigenvalue weighted by atomic mass is 9.95. The topological polar surface area (TPSA) is 51.5 Å². The van der Waals surface area contributed by atoms with Crippen LogP contribution in [0.4, 0.5) is 5.82 Å².